The molecule has 0 amide bonds. The van der Waals surface area contributed by atoms with E-state index in [-0.39, 0.29) is 18.8 Å². The van der Waals surface area contributed by atoms with Crippen LogP contribution in [0.3, 0.4) is 0 Å². The van der Waals surface area contributed by atoms with Crippen LogP contribution in [0.2, 0.25) is 0 Å². The Bertz CT molecular complexity index is 415. The van der Waals surface area contributed by atoms with Crippen molar-refractivity contribution in [2.45, 2.75) is 45.1 Å². The Balaban J connectivity index is 2.20. The molecule has 2 rings (SSSR count). The molecular formula is C14H18F2O. The van der Waals surface area contributed by atoms with Crippen LogP contribution in [-0.2, 0) is 0 Å². The van der Waals surface area contributed by atoms with Crippen molar-refractivity contribution in [2.24, 2.45) is 5.92 Å². The molecule has 17 heavy (non-hydrogen) atoms. The standard InChI is InChI=1S/C14H18F2O/c1-9-4-3-5-12(10(9)2)13(17)11-6-7-14(15,16)8-11/h3-5,11,13,17H,6-8H2,1-2H3. The van der Waals surface area contributed by atoms with Crippen LogP contribution in [-0.4, -0.2) is 11.0 Å². The van der Waals surface area contributed by atoms with Crippen LogP contribution in [0.15, 0.2) is 18.2 Å². The predicted molar refractivity (Wildman–Crippen MR) is 63.2 cm³/mol. The molecule has 2 atom stereocenters. The number of hydrogen-bond acceptors (Lipinski definition) is 1. The van der Waals surface area contributed by atoms with Crippen molar-refractivity contribution in [3.63, 3.8) is 0 Å². The lowest BCUT2D eigenvalue weighted by Gasteiger charge is -2.21. The SMILES string of the molecule is Cc1cccc(C(O)C2CCC(F)(F)C2)c1C. The van der Waals surface area contributed by atoms with E-state index in [1.807, 2.05) is 32.0 Å². The number of halogens is 2. The van der Waals surface area contributed by atoms with E-state index >= 15 is 0 Å². The number of hydrogen-bond donors (Lipinski definition) is 1. The van der Waals surface area contributed by atoms with Crippen molar-refractivity contribution in [1.82, 2.24) is 0 Å². The van der Waals surface area contributed by atoms with Gasteiger partial charge in [0, 0.05) is 12.8 Å². The summed E-state index contributed by atoms with van der Waals surface area (Å²) in [5.74, 6) is -2.91. The molecule has 1 fully saturated rings. The van der Waals surface area contributed by atoms with Crippen LogP contribution in [0.4, 0.5) is 8.78 Å². The first-order valence-corrected chi connectivity index (χ1v) is 6.03. The topological polar surface area (TPSA) is 20.2 Å². The molecule has 1 nitrogen and oxygen atoms in total. The third-order valence-corrected chi connectivity index (χ3v) is 3.85. The van der Waals surface area contributed by atoms with E-state index in [1.54, 1.807) is 0 Å². The van der Waals surface area contributed by atoms with Gasteiger partial charge < -0.3 is 5.11 Å². The van der Waals surface area contributed by atoms with E-state index in [4.69, 9.17) is 0 Å². The Hall–Kier alpha value is -0.960. The number of aliphatic hydroxyl groups is 1. The van der Waals surface area contributed by atoms with Crippen LogP contribution < -0.4 is 0 Å². The molecule has 2 unspecified atom stereocenters. The number of aryl methyl sites for hydroxylation is 1. The monoisotopic (exact) mass is 240 g/mol. The number of alkyl halides is 2. The molecule has 3 heteroatoms. The van der Waals surface area contributed by atoms with Crippen molar-refractivity contribution in [2.75, 3.05) is 0 Å². The minimum atomic E-state index is -2.59. The van der Waals surface area contributed by atoms with Crippen molar-refractivity contribution in [3.8, 4) is 0 Å². The maximum Gasteiger partial charge on any atom is 0.248 e. The average molecular weight is 240 g/mol. The van der Waals surface area contributed by atoms with Gasteiger partial charge in [0.05, 0.1) is 6.10 Å². The van der Waals surface area contributed by atoms with Crippen molar-refractivity contribution in [1.29, 1.82) is 0 Å². The Morgan fingerprint density at radius 3 is 2.65 bits per heavy atom. The van der Waals surface area contributed by atoms with E-state index in [9.17, 15) is 13.9 Å². The van der Waals surface area contributed by atoms with Gasteiger partial charge in [-0.25, -0.2) is 8.78 Å². The van der Waals surface area contributed by atoms with E-state index in [0.29, 0.717) is 6.42 Å². The Kier molecular flexibility index (Phi) is 3.21. The zero-order chi connectivity index (χ0) is 12.6. The Labute approximate surface area is 100 Å². The highest BCUT2D eigenvalue weighted by atomic mass is 19.3. The van der Waals surface area contributed by atoms with Crippen LogP contribution in [0.1, 0.15) is 42.1 Å². The minimum absolute atomic E-state index is 0.0976. The number of rotatable bonds is 2. The molecule has 0 radical (unpaired) electrons. The third-order valence-electron chi connectivity index (χ3n) is 3.85. The lowest BCUT2D eigenvalue weighted by atomic mass is 9.90. The summed E-state index contributed by atoms with van der Waals surface area (Å²) in [6.07, 6.45) is -0.647. The summed E-state index contributed by atoms with van der Waals surface area (Å²) in [7, 11) is 0. The zero-order valence-electron chi connectivity index (χ0n) is 10.2. The summed E-state index contributed by atoms with van der Waals surface area (Å²) in [6, 6.07) is 5.67. The first kappa shape index (κ1) is 12.5. The van der Waals surface area contributed by atoms with Gasteiger partial charge in [0.2, 0.25) is 5.92 Å². The predicted octanol–water partition coefficient (Wildman–Crippen LogP) is 3.77. The van der Waals surface area contributed by atoms with Gasteiger partial charge >= 0.3 is 0 Å². The molecule has 0 bridgehead atoms. The van der Waals surface area contributed by atoms with Gasteiger partial charge in [-0.05, 0) is 42.9 Å². The average Bonchev–Trinajstić information content (AvgIpc) is 2.62. The summed E-state index contributed by atoms with van der Waals surface area (Å²) < 4.78 is 26.3. The van der Waals surface area contributed by atoms with Gasteiger partial charge in [-0.1, -0.05) is 18.2 Å². The molecule has 1 aromatic carbocycles. The molecule has 0 saturated heterocycles. The lowest BCUT2D eigenvalue weighted by molar-refractivity contribution is -0.00517. The van der Waals surface area contributed by atoms with Gasteiger partial charge in [-0.2, -0.15) is 0 Å². The molecule has 1 aromatic rings. The maximum atomic E-state index is 13.1. The smallest absolute Gasteiger partial charge is 0.248 e. The highest BCUT2D eigenvalue weighted by Gasteiger charge is 2.42. The van der Waals surface area contributed by atoms with Crippen molar-refractivity contribution < 1.29 is 13.9 Å². The first-order chi connectivity index (χ1) is 7.91. The minimum Gasteiger partial charge on any atom is -0.388 e. The molecule has 1 N–H and O–H groups in total. The fourth-order valence-electron chi connectivity index (χ4n) is 2.60. The highest BCUT2D eigenvalue weighted by Crippen LogP contribution is 2.44. The van der Waals surface area contributed by atoms with Crippen LogP contribution in [0, 0.1) is 19.8 Å². The van der Waals surface area contributed by atoms with E-state index in [2.05, 4.69) is 0 Å². The molecule has 94 valence electrons. The Morgan fingerprint density at radius 1 is 1.35 bits per heavy atom. The molecule has 0 spiro atoms. The van der Waals surface area contributed by atoms with E-state index in [1.165, 1.54) is 0 Å². The number of benzene rings is 1. The van der Waals surface area contributed by atoms with Gasteiger partial charge in [0.15, 0.2) is 0 Å². The van der Waals surface area contributed by atoms with E-state index in [0.717, 1.165) is 16.7 Å². The van der Waals surface area contributed by atoms with Gasteiger partial charge in [-0.15, -0.1) is 0 Å². The quantitative estimate of drug-likeness (QED) is 0.834. The van der Waals surface area contributed by atoms with Crippen LogP contribution in [0.5, 0.6) is 0 Å². The largest absolute Gasteiger partial charge is 0.388 e. The molecule has 1 aliphatic rings. The van der Waals surface area contributed by atoms with Gasteiger partial charge in [0.25, 0.3) is 0 Å². The van der Waals surface area contributed by atoms with Crippen molar-refractivity contribution >= 4 is 0 Å². The van der Waals surface area contributed by atoms with Gasteiger partial charge in [-0.3, -0.25) is 0 Å². The molecule has 0 heterocycles. The molecular weight excluding hydrogens is 222 g/mol. The fourth-order valence-corrected chi connectivity index (χ4v) is 2.60. The van der Waals surface area contributed by atoms with Gasteiger partial charge in [0.1, 0.15) is 0 Å². The molecule has 1 saturated carbocycles. The van der Waals surface area contributed by atoms with E-state index < -0.39 is 12.0 Å². The third kappa shape index (κ3) is 2.49. The highest BCUT2D eigenvalue weighted by molar-refractivity contribution is 5.35. The zero-order valence-corrected chi connectivity index (χ0v) is 10.2. The van der Waals surface area contributed by atoms with Crippen molar-refractivity contribution in [3.05, 3.63) is 34.9 Å². The normalized spacial score (nSPS) is 24.9. The molecule has 0 aromatic heterocycles. The summed E-state index contributed by atoms with van der Waals surface area (Å²) in [5.41, 5.74) is 2.90. The van der Waals surface area contributed by atoms with Crippen LogP contribution in [0.25, 0.3) is 0 Å². The second-order valence-corrected chi connectivity index (χ2v) is 5.09. The maximum absolute atomic E-state index is 13.1. The number of aliphatic hydroxyl groups excluding tert-OH is 1. The summed E-state index contributed by atoms with van der Waals surface area (Å²) in [6.45, 7) is 3.90. The second-order valence-electron chi connectivity index (χ2n) is 5.09. The molecule has 0 aliphatic heterocycles. The Morgan fingerprint density at radius 2 is 2.06 bits per heavy atom. The summed E-state index contributed by atoms with van der Waals surface area (Å²) in [4.78, 5) is 0. The second kappa shape index (κ2) is 4.37. The first-order valence-electron chi connectivity index (χ1n) is 6.03. The summed E-state index contributed by atoms with van der Waals surface area (Å²) >= 11 is 0. The molecule has 1 aliphatic carbocycles. The summed E-state index contributed by atoms with van der Waals surface area (Å²) in [5, 5.41) is 10.2. The fraction of sp³-hybridized carbons (Fsp3) is 0.571. The van der Waals surface area contributed by atoms with Crippen LogP contribution >= 0.6 is 0 Å². The lowest BCUT2D eigenvalue weighted by Crippen LogP contribution is -2.15.